The molecule has 3 heteroatoms. The average molecular weight is 250 g/mol. The van der Waals surface area contributed by atoms with E-state index in [2.05, 4.69) is 11.8 Å². The molecule has 1 heterocycles. The first kappa shape index (κ1) is 13.5. The van der Waals surface area contributed by atoms with Crippen LogP contribution in [0, 0.1) is 11.7 Å². The van der Waals surface area contributed by atoms with E-state index in [4.69, 9.17) is 5.73 Å². The Labute approximate surface area is 109 Å². The highest BCUT2D eigenvalue weighted by Gasteiger charge is 2.17. The minimum atomic E-state index is -0.199. The fourth-order valence-electron chi connectivity index (χ4n) is 2.72. The molecule has 0 saturated carbocycles. The summed E-state index contributed by atoms with van der Waals surface area (Å²) in [6, 6.07) is 6.59. The summed E-state index contributed by atoms with van der Waals surface area (Å²) in [7, 11) is 0. The molecular weight excluding hydrogens is 227 g/mol. The first-order chi connectivity index (χ1) is 8.65. The molecule has 18 heavy (non-hydrogen) atoms. The van der Waals surface area contributed by atoms with E-state index in [1.54, 1.807) is 12.1 Å². The molecule has 0 aromatic heterocycles. The number of benzene rings is 1. The predicted octanol–water partition coefficient (Wildman–Crippen LogP) is 2.95. The van der Waals surface area contributed by atoms with Crippen LogP contribution in [-0.4, -0.2) is 24.5 Å². The normalized spacial score (nSPS) is 22.9. The Morgan fingerprint density at radius 2 is 2.33 bits per heavy atom. The van der Waals surface area contributed by atoms with Crippen molar-refractivity contribution >= 4 is 0 Å². The van der Waals surface area contributed by atoms with Crippen LogP contribution < -0.4 is 5.73 Å². The van der Waals surface area contributed by atoms with Crippen molar-refractivity contribution in [1.29, 1.82) is 0 Å². The monoisotopic (exact) mass is 250 g/mol. The second-order valence-electron chi connectivity index (χ2n) is 5.50. The van der Waals surface area contributed by atoms with Crippen LogP contribution in [0.4, 0.5) is 4.39 Å². The van der Waals surface area contributed by atoms with Crippen molar-refractivity contribution in [2.24, 2.45) is 11.7 Å². The van der Waals surface area contributed by atoms with Crippen LogP contribution in [0.3, 0.4) is 0 Å². The van der Waals surface area contributed by atoms with Gasteiger partial charge in [-0.25, -0.2) is 4.39 Å². The molecule has 2 nitrogen and oxygen atoms in total. The Kier molecular flexibility index (Phi) is 4.72. The van der Waals surface area contributed by atoms with Crippen LogP contribution in [0.15, 0.2) is 24.3 Å². The Morgan fingerprint density at radius 1 is 1.50 bits per heavy atom. The van der Waals surface area contributed by atoms with Crippen LogP contribution >= 0.6 is 0 Å². The molecule has 1 fully saturated rings. The Hall–Kier alpha value is -0.930. The molecule has 2 rings (SSSR count). The minimum Gasteiger partial charge on any atom is -0.324 e. The van der Waals surface area contributed by atoms with Crippen molar-refractivity contribution in [1.82, 2.24) is 4.90 Å². The highest BCUT2D eigenvalue weighted by Crippen LogP contribution is 2.19. The first-order valence-electron chi connectivity index (χ1n) is 6.88. The summed E-state index contributed by atoms with van der Waals surface area (Å²) in [4.78, 5) is 2.48. The zero-order valence-corrected chi connectivity index (χ0v) is 11.1. The third-order valence-corrected chi connectivity index (χ3v) is 3.77. The van der Waals surface area contributed by atoms with Crippen molar-refractivity contribution in [2.45, 2.75) is 32.2 Å². The van der Waals surface area contributed by atoms with Gasteiger partial charge in [-0.3, -0.25) is 0 Å². The first-order valence-corrected chi connectivity index (χ1v) is 6.88. The van der Waals surface area contributed by atoms with Gasteiger partial charge in [0.25, 0.3) is 0 Å². The third-order valence-electron chi connectivity index (χ3n) is 3.77. The van der Waals surface area contributed by atoms with Gasteiger partial charge in [-0.1, -0.05) is 19.1 Å². The SMILES string of the molecule is CC1CCCN(CCC(N)c2cccc(F)c2)C1. The summed E-state index contributed by atoms with van der Waals surface area (Å²) in [6.07, 6.45) is 3.53. The van der Waals surface area contributed by atoms with Crippen LogP contribution in [-0.2, 0) is 0 Å². The van der Waals surface area contributed by atoms with Crippen molar-refractivity contribution in [3.05, 3.63) is 35.6 Å². The largest absolute Gasteiger partial charge is 0.324 e. The minimum absolute atomic E-state index is 0.0575. The quantitative estimate of drug-likeness (QED) is 0.890. The second kappa shape index (κ2) is 6.30. The van der Waals surface area contributed by atoms with E-state index in [1.165, 1.54) is 32.0 Å². The topological polar surface area (TPSA) is 29.3 Å². The maximum atomic E-state index is 13.1. The molecule has 0 amide bonds. The molecule has 0 bridgehead atoms. The molecule has 1 saturated heterocycles. The Bertz CT molecular complexity index is 381. The highest BCUT2D eigenvalue weighted by atomic mass is 19.1. The number of hydrogen-bond donors (Lipinski definition) is 1. The fourth-order valence-corrected chi connectivity index (χ4v) is 2.72. The molecular formula is C15H23FN2. The number of nitrogens with two attached hydrogens (primary N) is 1. The number of nitrogens with zero attached hydrogens (tertiary/aromatic N) is 1. The van der Waals surface area contributed by atoms with E-state index in [0.717, 1.165) is 24.4 Å². The molecule has 1 aliphatic heterocycles. The summed E-state index contributed by atoms with van der Waals surface area (Å²) in [5.41, 5.74) is 7.03. The summed E-state index contributed by atoms with van der Waals surface area (Å²) < 4.78 is 13.1. The van der Waals surface area contributed by atoms with Crippen molar-refractivity contribution in [3.63, 3.8) is 0 Å². The van der Waals surface area contributed by atoms with E-state index in [-0.39, 0.29) is 11.9 Å². The number of halogens is 1. The van der Waals surface area contributed by atoms with Crippen molar-refractivity contribution in [2.75, 3.05) is 19.6 Å². The van der Waals surface area contributed by atoms with Crippen LogP contribution in [0.25, 0.3) is 0 Å². The van der Waals surface area contributed by atoms with Crippen LogP contribution in [0.1, 0.15) is 37.8 Å². The number of likely N-dealkylation sites (tertiary alicyclic amines) is 1. The zero-order chi connectivity index (χ0) is 13.0. The standard InChI is InChI=1S/C15H23FN2/c1-12-4-3-8-18(11-12)9-7-15(17)13-5-2-6-14(16)10-13/h2,5-6,10,12,15H,3-4,7-9,11,17H2,1H3. The third kappa shape index (κ3) is 3.79. The lowest BCUT2D eigenvalue weighted by atomic mass is 9.99. The van der Waals surface area contributed by atoms with Gasteiger partial charge in [-0.2, -0.15) is 0 Å². The predicted molar refractivity (Wildman–Crippen MR) is 72.8 cm³/mol. The summed E-state index contributed by atoms with van der Waals surface area (Å²) in [5.74, 6) is 0.596. The van der Waals surface area contributed by atoms with Gasteiger partial charge in [0, 0.05) is 12.6 Å². The summed E-state index contributed by atoms with van der Waals surface area (Å²) in [5, 5.41) is 0. The van der Waals surface area contributed by atoms with Crippen LogP contribution in [0.2, 0.25) is 0 Å². The van der Waals surface area contributed by atoms with Gasteiger partial charge in [0.1, 0.15) is 5.82 Å². The van der Waals surface area contributed by atoms with Gasteiger partial charge < -0.3 is 10.6 Å². The fraction of sp³-hybridized carbons (Fsp3) is 0.600. The smallest absolute Gasteiger partial charge is 0.123 e. The van der Waals surface area contributed by atoms with E-state index >= 15 is 0 Å². The van der Waals surface area contributed by atoms with E-state index in [1.807, 2.05) is 6.07 Å². The van der Waals surface area contributed by atoms with Crippen molar-refractivity contribution < 1.29 is 4.39 Å². The summed E-state index contributed by atoms with van der Waals surface area (Å²) in [6.45, 7) is 5.68. The number of piperidine rings is 1. The molecule has 2 unspecified atom stereocenters. The lowest BCUT2D eigenvalue weighted by Gasteiger charge is -2.31. The lowest BCUT2D eigenvalue weighted by Crippen LogP contribution is -2.36. The summed E-state index contributed by atoms with van der Waals surface area (Å²) >= 11 is 0. The molecule has 1 aromatic carbocycles. The number of rotatable bonds is 4. The van der Waals surface area contributed by atoms with E-state index in [0.29, 0.717) is 0 Å². The van der Waals surface area contributed by atoms with Crippen molar-refractivity contribution in [3.8, 4) is 0 Å². The molecule has 100 valence electrons. The van der Waals surface area contributed by atoms with Gasteiger partial charge in [0.15, 0.2) is 0 Å². The lowest BCUT2D eigenvalue weighted by molar-refractivity contribution is 0.178. The van der Waals surface area contributed by atoms with Crippen LogP contribution in [0.5, 0.6) is 0 Å². The van der Waals surface area contributed by atoms with Gasteiger partial charge in [-0.05, 0) is 56.0 Å². The zero-order valence-electron chi connectivity index (χ0n) is 11.1. The molecule has 1 aliphatic rings. The Morgan fingerprint density at radius 3 is 3.06 bits per heavy atom. The maximum absolute atomic E-state index is 13.1. The molecule has 0 aliphatic carbocycles. The van der Waals surface area contributed by atoms with Gasteiger partial charge in [-0.15, -0.1) is 0 Å². The Balaban J connectivity index is 1.82. The van der Waals surface area contributed by atoms with Gasteiger partial charge in [0.2, 0.25) is 0 Å². The number of hydrogen-bond acceptors (Lipinski definition) is 2. The maximum Gasteiger partial charge on any atom is 0.123 e. The molecule has 2 atom stereocenters. The molecule has 0 radical (unpaired) electrons. The second-order valence-corrected chi connectivity index (χ2v) is 5.50. The van der Waals surface area contributed by atoms with Gasteiger partial charge in [0.05, 0.1) is 0 Å². The van der Waals surface area contributed by atoms with Gasteiger partial charge >= 0.3 is 0 Å². The van der Waals surface area contributed by atoms with E-state index in [9.17, 15) is 4.39 Å². The van der Waals surface area contributed by atoms with E-state index < -0.39 is 0 Å². The molecule has 1 aromatic rings. The average Bonchev–Trinajstić information content (AvgIpc) is 2.36. The molecule has 0 spiro atoms. The molecule has 2 N–H and O–H groups in total. The highest BCUT2D eigenvalue weighted by molar-refractivity contribution is 5.19.